The van der Waals surface area contributed by atoms with Crippen molar-refractivity contribution in [2.45, 2.75) is 12.8 Å². The summed E-state index contributed by atoms with van der Waals surface area (Å²) in [5.74, 6) is -1.02. The number of carbonyl (C=O) groups excluding carboxylic acids is 3. The lowest BCUT2D eigenvalue weighted by molar-refractivity contribution is 0.0485. The minimum atomic E-state index is -0.463. The Kier molecular flexibility index (Phi) is 5.09. The maximum absolute atomic E-state index is 12.2. The second-order valence-electron chi connectivity index (χ2n) is 5.84. The molecule has 0 aliphatic carbocycles. The highest BCUT2D eigenvalue weighted by molar-refractivity contribution is 6.21. The molecule has 6 nitrogen and oxygen atoms in total. The Hall–Kier alpha value is -3.46. The van der Waals surface area contributed by atoms with Gasteiger partial charge in [0.1, 0.15) is 0 Å². The molecule has 26 heavy (non-hydrogen) atoms. The number of rotatable bonds is 6. The molecular formula is C20H16N2O4. The molecule has 2 amide bonds. The fourth-order valence-corrected chi connectivity index (χ4v) is 2.74. The molecule has 1 aliphatic heterocycles. The quantitative estimate of drug-likeness (QED) is 0.455. The van der Waals surface area contributed by atoms with E-state index in [0.29, 0.717) is 41.6 Å². The van der Waals surface area contributed by atoms with E-state index in [4.69, 9.17) is 10.00 Å². The van der Waals surface area contributed by atoms with Crippen molar-refractivity contribution in [1.29, 1.82) is 5.26 Å². The monoisotopic (exact) mass is 348 g/mol. The number of esters is 1. The Labute approximate surface area is 150 Å². The predicted molar refractivity (Wildman–Crippen MR) is 92.5 cm³/mol. The number of carbonyl (C=O) groups is 3. The molecule has 0 saturated heterocycles. The van der Waals surface area contributed by atoms with Gasteiger partial charge in [0.2, 0.25) is 0 Å². The normalized spacial score (nSPS) is 12.7. The molecule has 6 heteroatoms. The summed E-state index contributed by atoms with van der Waals surface area (Å²) in [6.45, 7) is 0.489. The van der Waals surface area contributed by atoms with Crippen LogP contribution in [-0.4, -0.2) is 35.8 Å². The van der Waals surface area contributed by atoms with Crippen molar-refractivity contribution in [3.05, 3.63) is 70.8 Å². The first-order chi connectivity index (χ1) is 12.6. The number of amides is 2. The van der Waals surface area contributed by atoms with Crippen LogP contribution in [0.25, 0.3) is 0 Å². The van der Waals surface area contributed by atoms with Gasteiger partial charge in [0.05, 0.1) is 34.9 Å². The van der Waals surface area contributed by atoms with Crippen molar-refractivity contribution in [2.75, 3.05) is 13.2 Å². The molecule has 0 unspecified atom stereocenters. The maximum Gasteiger partial charge on any atom is 0.338 e. The number of ether oxygens (including phenoxy) is 1. The van der Waals surface area contributed by atoms with Crippen molar-refractivity contribution < 1.29 is 19.1 Å². The van der Waals surface area contributed by atoms with E-state index in [0.717, 1.165) is 0 Å². The molecule has 0 atom stereocenters. The summed E-state index contributed by atoms with van der Waals surface area (Å²) in [4.78, 5) is 37.5. The number of hydrogen-bond acceptors (Lipinski definition) is 5. The molecule has 1 aliphatic rings. The van der Waals surface area contributed by atoms with Gasteiger partial charge in [-0.15, -0.1) is 0 Å². The zero-order valence-corrected chi connectivity index (χ0v) is 14.0. The van der Waals surface area contributed by atoms with Gasteiger partial charge in [-0.1, -0.05) is 12.1 Å². The van der Waals surface area contributed by atoms with Crippen LogP contribution in [0.1, 0.15) is 49.5 Å². The van der Waals surface area contributed by atoms with Crippen molar-refractivity contribution in [3.63, 3.8) is 0 Å². The number of benzene rings is 2. The van der Waals surface area contributed by atoms with Crippen molar-refractivity contribution in [1.82, 2.24) is 4.90 Å². The van der Waals surface area contributed by atoms with E-state index in [1.54, 1.807) is 48.5 Å². The van der Waals surface area contributed by atoms with E-state index in [-0.39, 0.29) is 18.4 Å². The summed E-state index contributed by atoms with van der Waals surface area (Å²) in [7, 11) is 0. The first-order valence-electron chi connectivity index (χ1n) is 8.24. The van der Waals surface area contributed by atoms with Gasteiger partial charge >= 0.3 is 5.97 Å². The Morgan fingerprint density at radius 1 is 0.962 bits per heavy atom. The molecule has 0 aromatic heterocycles. The highest BCUT2D eigenvalue weighted by Gasteiger charge is 2.34. The molecule has 0 fully saturated rings. The van der Waals surface area contributed by atoms with Crippen LogP contribution in [0.15, 0.2) is 48.5 Å². The first kappa shape index (κ1) is 17.4. The summed E-state index contributed by atoms with van der Waals surface area (Å²) in [6, 6.07) is 14.9. The molecule has 2 aromatic carbocycles. The molecule has 0 spiro atoms. The Morgan fingerprint density at radius 2 is 1.58 bits per heavy atom. The number of nitrogens with zero attached hydrogens (tertiary/aromatic N) is 2. The first-order valence-corrected chi connectivity index (χ1v) is 8.24. The molecule has 0 N–H and O–H groups in total. The minimum absolute atomic E-state index is 0.196. The predicted octanol–water partition coefficient (Wildman–Crippen LogP) is 2.79. The van der Waals surface area contributed by atoms with Crippen molar-refractivity contribution in [2.24, 2.45) is 0 Å². The molecule has 0 bridgehead atoms. The summed E-state index contributed by atoms with van der Waals surface area (Å²) < 4.78 is 5.17. The topological polar surface area (TPSA) is 87.5 Å². The minimum Gasteiger partial charge on any atom is -0.462 e. The highest BCUT2D eigenvalue weighted by Crippen LogP contribution is 2.22. The molecule has 130 valence electrons. The SMILES string of the molecule is N#Cc1ccc(C(=O)OCCCCN2C(=O)c3ccccc3C2=O)cc1. The summed E-state index contributed by atoms with van der Waals surface area (Å²) in [5, 5.41) is 8.73. The van der Waals surface area contributed by atoms with E-state index < -0.39 is 5.97 Å². The Morgan fingerprint density at radius 3 is 2.15 bits per heavy atom. The number of imide groups is 1. The zero-order chi connectivity index (χ0) is 18.5. The lowest BCUT2D eigenvalue weighted by Crippen LogP contribution is -2.30. The summed E-state index contributed by atoms with van der Waals surface area (Å²) >= 11 is 0. The van der Waals surface area contributed by atoms with Crippen LogP contribution in [0.3, 0.4) is 0 Å². The van der Waals surface area contributed by atoms with E-state index >= 15 is 0 Å². The largest absolute Gasteiger partial charge is 0.462 e. The molecule has 0 radical (unpaired) electrons. The third-order valence-corrected chi connectivity index (χ3v) is 4.14. The molecule has 3 rings (SSSR count). The van der Waals surface area contributed by atoms with E-state index in [1.165, 1.54) is 4.90 Å². The summed E-state index contributed by atoms with van der Waals surface area (Å²) in [5.41, 5.74) is 1.72. The Bertz CT molecular complexity index is 862. The average Bonchev–Trinajstić information content (AvgIpc) is 2.92. The molecule has 0 saturated carbocycles. The van der Waals surface area contributed by atoms with Crippen LogP contribution in [0.4, 0.5) is 0 Å². The van der Waals surface area contributed by atoms with Gasteiger partial charge in [-0.05, 0) is 49.2 Å². The van der Waals surface area contributed by atoms with Crippen LogP contribution in [0, 0.1) is 11.3 Å². The summed E-state index contributed by atoms with van der Waals surface area (Å²) in [6.07, 6.45) is 1.08. The Balaban J connectivity index is 1.43. The number of nitriles is 1. The van der Waals surface area contributed by atoms with Gasteiger partial charge in [-0.2, -0.15) is 5.26 Å². The third-order valence-electron chi connectivity index (χ3n) is 4.14. The van der Waals surface area contributed by atoms with Crippen molar-refractivity contribution >= 4 is 17.8 Å². The second kappa shape index (κ2) is 7.62. The number of fused-ring (bicyclic) bond motifs is 1. The van der Waals surface area contributed by atoms with E-state index in [1.807, 2.05) is 6.07 Å². The van der Waals surface area contributed by atoms with Crippen LogP contribution < -0.4 is 0 Å². The molecular weight excluding hydrogens is 332 g/mol. The maximum atomic E-state index is 12.2. The van der Waals surface area contributed by atoms with Crippen LogP contribution >= 0.6 is 0 Å². The van der Waals surface area contributed by atoms with Gasteiger partial charge < -0.3 is 4.74 Å². The van der Waals surface area contributed by atoms with Gasteiger partial charge in [-0.25, -0.2) is 4.79 Å². The fourth-order valence-electron chi connectivity index (χ4n) is 2.74. The average molecular weight is 348 g/mol. The van der Waals surface area contributed by atoms with E-state index in [2.05, 4.69) is 0 Å². The highest BCUT2D eigenvalue weighted by atomic mass is 16.5. The number of unbranched alkanes of at least 4 members (excludes halogenated alkanes) is 1. The van der Waals surface area contributed by atoms with Crippen molar-refractivity contribution in [3.8, 4) is 6.07 Å². The third kappa shape index (κ3) is 3.47. The lowest BCUT2D eigenvalue weighted by atomic mass is 10.1. The molecule has 2 aromatic rings. The van der Waals surface area contributed by atoms with Gasteiger partial charge in [-0.3, -0.25) is 14.5 Å². The standard InChI is InChI=1S/C20H16N2O4/c21-13-14-7-9-15(10-8-14)20(25)26-12-4-3-11-22-18(23)16-5-1-2-6-17(16)19(22)24/h1-2,5-10H,3-4,11-12H2. The molecule has 1 heterocycles. The fraction of sp³-hybridized carbons (Fsp3) is 0.200. The van der Waals surface area contributed by atoms with E-state index in [9.17, 15) is 14.4 Å². The number of hydrogen-bond donors (Lipinski definition) is 0. The van der Waals surface area contributed by atoms with Gasteiger partial charge in [0, 0.05) is 6.54 Å². The lowest BCUT2D eigenvalue weighted by Gasteiger charge is -2.13. The second-order valence-corrected chi connectivity index (χ2v) is 5.84. The van der Waals surface area contributed by atoms with Crippen LogP contribution in [0.2, 0.25) is 0 Å². The van der Waals surface area contributed by atoms with Crippen LogP contribution in [0.5, 0.6) is 0 Å². The van der Waals surface area contributed by atoms with Gasteiger partial charge in [0.25, 0.3) is 11.8 Å². The zero-order valence-electron chi connectivity index (χ0n) is 14.0. The van der Waals surface area contributed by atoms with Crippen LogP contribution in [-0.2, 0) is 4.74 Å². The van der Waals surface area contributed by atoms with Gasteiger partial charge in [0.15, 0.2) is 0 Å². The smallest absolute Gasteiger partial charge is 0.338 e.